The van der Waals surface area contributed by atoms with Crippen LogP contribution < -0.4 is 10.6 Å². The number of allylic oxidation sites excluding steroid dienone is 1. The highest BCUT2D eigenvalue weighted by Crippen LogP contribution is 2.45. The number of aliphatic carboxylic acids is 1. The maximum absolute atomic E-state index is 14.2. The highest BCUT2D eigenvalue weighted by Gasteiger charge is 2.61. The Morgan fingerprint density at radius 1 is 1.02 bits per heavy atom. The van der Waals surface area contributed by atoms with Crippen molar-refractivity contribution in [2.45, 2.75) is 113 Å². The van der Waals surface area contributed by atoms with Crippen LogP contribution >= 0.6 is 0 Å². The lowest BCUT2D eigenvalue weighted by molar-refractivity contribution is -0.145. The van der Waals surface area contributed by atoms with Crippen molar-refractivity contribution in [3.8, 4) is 0 Å². The standard InChI is InChI=1S/C34H43FN4O8/c35-26-13-8-9-21-19-38(16-15-25(21)26)33(45)47-24-17-28-29(40)37-34(31(42)43)18-22(34)10-4-2-1-3-5-14-27(30(41)39(28)20-24)36-32(44)46-23-11-6-7-12-23/h4,8-10,13,22-24,27-28H,1-3,5-7,11-12,14-20H2,(H,36,44)(H,37,40)(H,42,43)/t22-,24-,27+,28+,34-/m1/s1. The van der Waals surface area contributed by atoms with Crippen molar-refractivity contribution < 1.29 is 42.9 Å². The molecule has 3 heterocycles. The second kappa shape index (κ2) is 13.9. The maximum Gasteiger partial charge on any atom is 0.410 e. The number of hydrogen-bond acceptors (Lipinski definition) is 7. The van der Waals surface area contributed by atoms with Gasteiger partial charge in [-0.1, -0.05) is 37.1 Å². The number of amides is 4. The van der Waals surface area contributed by atoms with Gasteiger partial charge in [0.05, 0.1) is 6.54 Å². The van der Waals surface area contributed by atoms with Crippen LogP contribution in [0.5, 0.6) is 0 Å². The molecule has 0 aromatic heterocycles. The van der Waals surface area contributed by atoms with Gasteiger partial charge in [-0.05, 0) is 75.0 Å². The molecule has 3 N–H and O–H groups in total. The molecule has 6 rings (SSSR count). The summed E-state index contributed by atoms with van der Waals surface area (Å²) in [7, 11) is 0. The quantitative estimate of drug-likeness (QED) is 0.415. The number of rotatable bonds is 4. The molecule has 3 fully saturated rings. The number of ether oxygens (including phenoxy) is 2. The van der Waals surface area contributed by atoms with Gasteiger partial charge in [0.15, 0.2) is 0 Å². The van der Waals surface area contributed by atoms with E-state index in [2.05, 4.69) is 10.6 Å². The topological polar surface area (TPSA) is 155 Å². The molecule has 13 heteroatoms. The summed E-state index contributed by atoms with van der Waals surface area (Å²) in [6, 6.07) is 2.63. The fourth-order valence-corrected chi connectivity index (χ4v) is 7.42. The average molecular weight is 655 g/mol. The molecule has 5 atom stereocenters. The summed E-state index contributed by atoms with van der Waals surface area (Å²) in [5.41, 5.74) is -0.223. The molecule has 0 unspecified atom stereocenters. The summed E-state index contributed by atoms with van der Waals surface area (Å²) in [6.07, 6.45) is 8.66. The van der Waals surface area contributed by atoms with Gasteiger partial charge in [-0.15, -0.1) is 0 Å². The highest BCUT2D eigenvalue weighted by molar-refractivity contribution is 5.96. The lowest BCUT2D eigenvalue weighted by Crippen LogP contribution is -2.56. The molecule has 0 spiro atoms. The lowest BCUT2D eigenvalue weighted by Gasteiger charge is -2.30. The van der Waals surface area contributed by atoms with E-state index in [4.69, 9.17) is 9.47 Å². The van der Waals surface area contributed by atoms with Gasteiger partial charge in [0, 0.05) is 25.4 Å². The number of benzene rings is 1. The Balaban J connectivity index is 1.20. The first kappa shape index (κ1) is 32.8. The number of nitrogens with zero attached hydrogens (tertiary/aromatic N) is 2. The number of carbonyl (C=O) groups excluding carboxylic acids is 4. The number of carboxylic acids is 1. The first-order chi connectivity index (χ1) is 22.6. The number of nitrogens with one attached hydrogen (secondary N) is 2. The molecule has 254 valence electrons. The van der Waals surface area contributed by atoms with Crippen LogP contribution in [0.25, 0.3) is 0 Å². The van der Waals surface area contributed by atoms with Crippen LogP contribution in [-0.2, 0) is 36.8 Å². The van der Waals surface area contributed by atoms with Gasteiger partial charge < -0.3 is 35.0 Å². The Morgan fingerprint density at radius 3 is 2.60 bits per heavy atom. The predicted molar refractivity (Wildman–Crippen MR) is 165 cm³/mol. The summed E-state index contributed by atoms with van der Waals surface area (Å²) in [6.45, 7) is 0.300. The van der Waals surface area contributed by atoms with Crippen LogP contribution in [0.15, 0.2) is 30.4 Å². The molecule has 12 nitrogen and oxygen atoms in total. The van der Waals surface area contributed by atoms with Crippen LogP contribution in [0.1, 0.15) is 81.8 Å². The second-order valence-electron chi connectivity index (χ2n) is 13.4. The van der Waals surface area contributed by atoms with Crippen molar-refractivity contribution in [3.05, 3.63) is 47.3 Å². The lowest BCUT2D eigenvalue weighted by atomic mass is 9.99. The SMILES string of the molecule is O=C(N[C@H]1CCCCCC=C[C@@H]2C[C@@]2(C(=O)O)NC(=O)[C@@H]2C[C@@H](OC(=O)N3CCc4c(F)cccc4C3)CN2C1=O)OC1CCCC1. The molecule has 0 bridgehead atoms. The zero-order chi connectivity index (χ0) is 33.1. The minimum atomic E-state index is -1.48. The van der Waals surface area contributed by atoms with E-state index >= 15 is 0 Å². The fraction of sp³-hybridized carbons (Fsp3) is 0.618. The molecule has 1 aromatic carbocycles. The molecule has 1 saturated heterocycles. The number of alkyl carbamates (subject to hydrolysis) is 1. The Bertz CT molecular complexity index is 1430. The smallest absolute Gasteiger partial charge is 0.410 e. The van der Waals surface area contributed by atoms with Gasteiger partial charge >= 0.3 is 18.2 Å². The third kappa shape index (κ3) is 7.23. The van der Waals surface area contributed by atoms with Crippen LogP contribution in [0.4, 0.5) is 14.0 Å². The van der Waals surface area contributed by atoms with Gasteiger partial charge in [0.2, 0.25) is 11.8 Å². The summed E-state index contributed by atoms with van der Waals surface area (Å²) < 4.78 is 25.7. The van der Waals surface area contributed by atoms with Crippen molar-refractivity contribution in [1.29, 1.82) is 0 Å². The number of halogens is 1. The predicted octanol–water partition coefficient (Wildman–Crippen LogP) is 3.81. The van der Waals surface area contributed by atoms with Crippen LogP contribution in [0.2, 0.25) is 0 Å². The Kier molecular flexibility index (Phi) is 9.70. The first-order valence-electron chi connectivity index (χ1n) is 16.9. The molecule has 5 aliphatic rings. The number of fused-ring (bicyclic) bond motifs is 3. The van der Waals surface area contributed by atoms with E-state index in [1.807, 2.05) is 12.2 Å². The minimum absolute atomic E-state index is 0.0438. The number of carbonyl (C=O) groups is 5. The normalized spacial score (nSPS) is 29.8. The van der Waals surface area contributed by atoms with Crippen LogP contribution in [-0.4, -0.2) is 87.8 Å². The molecular formula is C34H43FN4O8. The molecule has 2 saturated carbocycles. The monoisotopic (exact) mass is 654 g/mol. The Hall–Kier alpha value is -4.16. The maximum atomic E-state index is 14.2. The van der Waals surface area contributed by atoms with E-state index < -0.39 is 53.7 Å². The molecule has 2 aliphatic carbocycles. The summed E-state index contributed by atoms with van der Waals surface area (Å²) in [4.78, 5) is 69.2. The highest BCUT2D eigenvalue weighted by atomic mass is 19.1. The van der Waals surface area contributed by atoms with E-state index in [-0.39, 0.29) is 50.3 Å². The largest absolute Gasteiger partial charge is 0.479 e. The van der Waals surface area contributed by atoms with E-state index in [9.17, 15) is 33.5 Å². The van der Waals surface area contributed by atoms with E-state index in [0.29, 0.717) is 30.4 Å². The van der Waals surface area contributed by atoms with Crippen molar-refractivity contribution >= 4 is 30.0 Å². The van der Waals surface area contributed by atoms with Crippen LogP contribution in [0.3, 0.4) is 0 Å². The van der Waals surface area contributed by atoms with Crippen molar-refractivity contribution in [2.24, 2.45) is 5.92 Å². The first-order valence-corrected chi connectivity index (χ1v) is 16.9. The molecule has 0 radical (unpaired) electrons. The second-order valence-corrected chi connectivity index (χ2v) is 13.4. The molecule has 4 amide bonds. The number of carboxylic acid groups (broad SMARTS) is 1. The van der Waals surface area contributed by atoms with Gasteiger partial charge in [-0.25, -0.2) is 18.8 Å². The van der Waals surface area contributed by atoms with E-state index in [1.54, 1.807) is 12.1 Å². The molecule has 3 aliphatic heterocycles. The average Bonchev–Trinajstić information content (AvgIpc) is 3.33. The van der Waals surface area contributed by atoms with Gasteiger partial charge in [-0.2, -0.15) is 0 Å². The molecular weight excluding hydrogens is 611 g/mol. The zero-order valence-corrected chi connectivity index (χ0v) is 26.5. The third-order valence-corrected chi connectivity index (χ3v) is 10.2. The Labute approximate surface area is 273 Å². The fourth-order valence-electron chi connectivity index (χ4n) is 7.42. The summed E-state index contributed by atoms with van der Waals surface area (Å²) in [5.74, 6) is -3.01. The summed E-state index contributed by atoms with van der Waals surface area (Å²) in [5, 5.41) is 15.5. The third-order valence-electron chi connectivity index (χ3n) is 10.2. The number of hydrogen-bond donors (Lipinski definition) is 3. The Morgan fingerprint density at radius 2 is 1.81 bits per heavy atom. The van der Waals surface area contributed by atoms with Crippen LogP contribution in [0, 0.1) is 11.7 Å². The molecule has 1 aromatic rings. The van der Waals surface area contributed by atoms with Crippen molar-refractivity contribution in [2.75, 3.05) is 13.1 Å². The van der Waals surface area contributed by atoms with Crippen molar-refractivity contribution in [1.82, 2.24) is 20.4 Å². The van der Waals surface area contributed by atoms with Gasteiger partial charge in [0.25, 0.3) is 0 Å². The van der Waals surface area contributed by atoms with E-state index in [0.717, 1.165) is 44.9 Å². The van der Waals surface area contributed by atoms with Crippen molar-refractivity contribution in [3.63, 3.8) is 0 Å². The summed E-state index contributed by atoms with van der Waals surface area (Å²) >= 11 is 0. The molecule has 47 heavy (non-hydrogen) atoms. The van der Waals surface area contributed by atoms with Gasteiger partial charge in [0.1, 0.15) is 35.6 Å². The zero-order valence-electron chi connectivity index (χ0n) is 26.5. The van der Waals surface area contributed by atoms with Gasteiger partial charge in [-0.3, -0.25) is 9.59 Å². The minimum Gasteiger partial charge on any atom is -0.479 e. The van der Waals surface area contributed by atoms with E-state index in [1.165, 1.54) is 15.9 Å².